The lowest BCUT2D eigenvalue weighted by atomic mass is 10.1. The number of nitrogens with one attached hydrogen (secondary N) is 1. The van der Waals surface area contributed by atoms with Gasteiger partial charge in [-0.25, -0.2) is 9.67 Å². The molecule has 1 heterocycles. The van der Waals surface area contributed by atoms with Gasteiger partial charge >= 0.3 is 0 Å². The first-order valence-electron chi connectivity index (χ1n) is 7.23. The third-order valence-corrected chi connectivity index (χ3v) is 3.83. The summed E-state index contributed by atoms with van der Waals surface area (Å²) in [5, 5.41) is 17.8. The molecule has 0 bridgehead atoms. The summed E-state index contributed by atoms with van der Waals surface area (Å²) in [7, 11) is 0. The molecule has 1 aliphatic rings. The molecular formula is C14H16N6O3. The monoisotopic (exact) mass is 316 g/mol. The summed E-state index contributed by atoms with van der Waals surface area (Å²) in [6.45, 7) is 0.363. The zero-order valence-corrected chi connectivity index (χ0v) is 12.3. The Kier molecular flexibility index (Phi) is 4.02. The van der Waals surface area contributed by atoms with Crippen molar-refractivity contribution in [3.63, 3.8) is 0 Å². The van der Waals surface area contributed by atoms with Crippen LogP contribution in [-0.4, -0.2) is 38.2 Å². The maximum absolute atomic E-state index is 12.1. The Bertz CT molecular complexity index is 726. The van der Waals surface area contributed by atoms with Crippen LogP contribution in [0.3, 0.4) is 0 Å². The summed E-state index contributed by atoms with van der Waals surface area (Å²) in [6.07, 6.45) is 4.82. The first-order valence-corrected chi connectivity index (χ1v) is 7.23. The van der Waals surface area contributed by atoms with Gasteiger partial charge in [-0.1, -0.05) is 0 Å². The van der Waals surface area contributed by atoms with Crippen molar-refractivity contribution in [1.29, 1.82) is 0 Å². The van der Waals surface area contributed by atoms with E-state index in [-0.39, 0.29) is 28.9 Å². The molecule has 1 fully saturated rings. The maximum Gasteiger partial charge on any atom is 0.295 e. The van der Waals surface area contributed by atoms with Crippen LogP contribution in [0, 0.1) is 16.0 Å². The predicted molar refractivity (Wildman–Crippen MR) is 81.0 cm³/mol. The Morgan fingerprint density at radius 1 is 1.52 bits per heavy atom. The van der Waals surface area contributed by atoms with Gasteiger partial charge in [0.1, 0.15) is 18.3 Å². The van der Waals surface area contributed by atoms with E-state index < -0.39 is 4.92 Å². The van der Waals surface area contributed by atoms with Gasteiger partial charge in [-0.05, 0) is 30.9 Å². The molecule has 0 saturated heterocycles. The van der Waals surface area contributed by atoms with Gasteiger partial charge in [0, 0.05) is 24.2 Å². The van der Waals surface area contributed by atoms with E-state index in [2.05, 4.69) is 15.4 Å². The highest BCUT2D eigenvalue weighted by Crippen LogP contribution is 2.31. The summed E-state index contributed by atoms with van der Waals surface area (Å²) in [5.74, 6) is 0.0914. The van der Waals surface area contributed by atoms with Gasteiger partial charge < -0.3 is 11.1 Å². The topological polar surface area (TPSA) is 129 Å². The number of hydrogen-bond acceptors (Lipinski definition) is 6. The number of nitrogens with two attached hydrogens (primary N) is 1. The lowest BCUT2D eigenvalue weighted by Crippen LogP contribution is -2.38. The molecule has 0 aliphatic heterocycles. The molecule has 1 aromatic carbocycles. The van der Waals surface area contributed by atoms with Crippen LogP contribution in [0.1, 0.15) is 23.2 Å². The fourth-order valence-corrected chi connectivity index (χ4v) is 2.34. The lowest BCUT2D eigenvalue weighted by Gasteiger charge is -2.12. The molecule has 1 amide bonds. The first-order chi connectivity index (χ1) is 11.1. The SMILES string of the molecule is NC(CNC(=O)c1ccc(-n2cncn2)c([N+](=O)[O-])c1)C1CC1. The minimum atomic E-state index is -0.552. The first kappa shape index (κ1) is 15.1. The van der Waals surface area contributed by atoms with Gasteiger partial charge in [0.25, 0.3) is 11.6 Å². The van der Waals surface area contributed by atoms with Gasteiger partial charge in [-0.3, -0.25) is 14.9 Å². The van der Waals surface area contributed by atoms with Crippen LogP contribution < -0.4 is 11.1 Å². The zero-order chi connectivity index (χ0) is 16.4. The second kappa shape index (κ2) is 6.13. The number of benzene rings is 1. The Morgan fingerprint density at radius 2 is 2.30 bits per heavy atom. The Labute approximate surface area is 131 Å². The number of nitro groups is 1. The van der Waals surface area contributed by atoms with Crippen molar-refractivity contribution in [1.82, 2.24) is 20.1 Å². The molecule has 0 radical (unpaired) electrons. The summed E-state index contributed by atoms with van der Waals surface area (Å²) in [5.41, 5.74) is 6.18. The van der Waals surface area contributed by atoms with E-state index in [1.165, 1.54) is 35.5 Å². The van der Waals surface area contributed by atoms with Crippen molar-refractivity contribution < 1.29 is 9.72 Å². The van der Waals surface area contributed by atoms with E-state index in [4.69, 9.17) is 5.73 Å². The summed E-state index contributed by atoms with van der Waals surface area (Å²) in [4.78, 5) is 26.6. The van der Waals surface area contributed by atoms with Crippen molar-refractivity contribution in [2.24, 2.45) is 11.7 Å². The van der Waals surface area contributed by atoms with E-state index in [0.29, 0.717) is 12.5 Å². The third-order valence-electron chi connectivity index (χ3n) is 3.83. The average Bonchev–Trinajstić information content (AvgIpc) is 3.26. The minimum Gasteiger partial charge on any atom is -0.350 e. The van der Waals surface area contributed by atoms with Crippen LogP contribution in [0.15, 0.2) is 30.9 Å². The van der Waals surface area contributed by atoms with Crippen molar-refractivity contribution in [2.75, 3.05) is 6.54 Å². The number of aromatic nitrogens is 3. The summed E-state index contributed by atoms with van der Waals surface area (Å²) < 4.78 is 1.28. The molecule has 3 N–H and O–H groups in total. The van der Waals surface area contributed by atoms with Gasteiger partial charge in [-0.2, -0.15) is 5.10 Å². The average molecular weight is 316 g/mol. The van der Waals surface area contributed by atoms with Crippen molar-refractivity contribution in [2.45, 2.75) is 18.9 Å². The van der Waals surface area contributed by atoms with Gasteiger partial charge in [0.15, 0.2) is 0 Å². The smallest absolute Gasteiger partial charge is 0.295 e. The molecular weight excluding hydrogens is 300 g/mol. The third kappa shape index (κ3) is 3.34. The molecule has 3 rings (SSSR count). The van der Waals surface area contributed by atoms with Crippen LogP contribution in [0.5, 0.6) is 0 Å². The highest BCUT2D eigenvalue weighted by Gasteiger charge is 2.28. The fraction of sp³-hybridized carbons (Fsp3) is 0.357. The van der Waals surface area contributed by atoms with E-state index in [1.807, 2.05) is 0 Å². The molecule has 9 heteroatoms. The number of carbonyl (C=O) groups excluding carboxylic acids is 1. The van der Waals surface area contributed by atoms with Crippen LogP contribution in [-0.2, 0) is 0 Å². The summed E-state index contributed by atoms with van der Waals surface area (Å²) >= 11 is 0. The van der Waals surface area contributed by atoms with E-state index >= 15 is 0 Å². The molecule has 9 nitrogen and oxygen atoms in total. The molecule has 1 saturated carbocycles. The number of rotatable bonds is 6. The van der Waals surface area contributed by atoms with Gasteiger partial charge in [0.05, 0.1) is 4.92 Å². The van der Waals surface area contributed by atoms with Crippen LogP contribution in [0.4, 0.5) is 5.69 Å². The molecule has 120 valence electrons. The second-order valence-corrected chi connectivity index (χ2v) is 5.51. The van der Waals surface area contributed by atoms with Crippen LogP contribution in [0.2, 0.25) is 0 Å². The van der Waals surface area contributed by atoms with E-state index in [9.17, 15) is 14.9 Å². The van der Waals surface area contributed by atoms with Crippen LogP contribution in [0.25, 0.3) is 5.69 Å². The Hall–Kier alpha value is -2.81. The van der Waals surface area contributed by atoms with Gasteiger partial charge in [0.2, 0.25) is 0 Å². The van der Waals surface area contributed by atoms with Crippen LogP contribution >= 0.6 is 0 Å². The number of nitro benzene ring substituents is 1. The number of carbonyl (C=O) groups is 1. The number of hydrogen-bond donors (Lipinski definition) is 2. The standard InChI is InChI=1S/C14H16N6O3/c15-11(9-1-2-9)6-17-14(21)10-3-4-12(13(5-10)20(22)23)19-8-16-7-18-19/h3-5,7-9,11H,1-2,6,15H2,(H,17,21). The molecule has 2 aromatic rings. The zero-order valence-electron chi connectivity index (χ0n) is 12.3. The lowest BCUT2D eigenvalue weighted by molar-refractivity contribution is -0.384. The van der Waals surface area contributed by atoms with E-state index in [0.717, 1.165) is 12.8 Å². The number of nitrogens with zero attached hydrogens (tertiary/aromatic N) is 4. The quantitative estimate of drug-likeness (QED) is 0.594. The predicted octanol–water partition coefficient (Wildman–Crippen LogP) is 0.643. The molecule has 1 aromatic heterocycles. The molecule has 1 unspecified atom stereocenters. The fourth-order valence-electron chi connectivity index (χ4n) is 2.34. The Balaban J connectivity index is 1.78. The maximum atomic E-state index is 12.1. The highest BCUT2D eigenvalue weighted by molar-refractivity contribution is 5.95. The van der Waals surface area contributed by atoms with Crippen molar-refractivity contribution >= 4 is 11.6 Å². The van der Waals surface area contributed by atoms with E-state index in [1.54, 1.807) is 0 Å². The largest absolute Gasteiger partial charge is 0.350 e. The normalized spacial score (nSPS) is 15.2. The van der Waals surface area contributed by atoms with Crippen molar-refractivity contribution in [3.8, 4) is 5.69 Å². The minimum absolute atomic E-state index is 0.0663. The second-order valence-electron chi connectivity index (χ2n) is 5.51. The Morgan fingerprint density at radius 3 is 2.91 bits per heavy atom. The molecule has 1 aliphatic carbocycles. The molecule has 0 spiro atoms. The highest BCUT2D eigenvalue weighted by atomic mass is 16.6. The molecule has 1 atom stereocenters. The molecule has 23 heavy (non-hydrogen) atoms. The summed E-state index contributed by atoms with van der Waals surface area (Å²) in [6, 6.07) is 4.16. The number of amides is 1. The van der Waals surface area contributed by atoms with Gasteiger partial charge in [-0.15, -0.1) is 0 Å². The van der Waals surface area contributed by atoms with Crippen molar-refractivity contribution in [3.05, 3.63) is 46.5 Å².